The largest absolute Gasteiger partial charge is 0.481 e. The maximum atomic E-state index is 13.5. The highest BCUT2D eigenvalue weighted by atomic mass is 32.2. The maximum absolute atomic E-state index is 13.5. The second-order valence-electron chi connectivity index (χ2n) is 4.96. The van der Waals surface area contributed by atoms with Gasteiger partial charge in [0, 0.05) is 5.75 Å². The molecule has 1 aliphatic rings. The van der Waals surface area contributed by atoms with Gasteiger partial charge in [0.1, 0.15) is 5.54 Å². The van der Waals surface area contributed by atoms with E-state index in [1.54, 1.807) is 13.0 Å². The molecule has 0 saturated carbocycles. The number of ether oxygens (including phenoxy) is 1. The van der Waals surface area contributed by atoms with E-state index in [-0.39, 0.29) is 5.75 Å². The fraction of sp³-hybridized carbons (Fsp3) is 0.429. The summed E-state index contributed by atoms with van der Waals surface area (Å²) in [5.74, 6) is -1.19. The van der Waals surface area contributed by atoms with Crippen molar-refractivity contribution in [1.82, 2.24) is 5.32 Å². The van der Waals surface area contributed by atoms with Crippen molar-refractivity contribution in [3.63, 3.8) is 0 Å². The van der Waals surface area contributed by atoms with E-state index in [1.807, 2.05) is 0 Å². The van der Waals surface area contributed by atoms with Crippen LogP contribution in [0.25, 0.3) is 0 Å². The summed E-state index contributed by atoms with van der Waals surface area (Å²) in [5.41, 5.74) is -0.433. The number of carboxylic acid groups (broad SMARTS) is 1. The van der Waals surface area contributed by atoms with Crippen LogP contribution in [-0.2, 0) is 9.59 Å². The Kier molecular flexibility index (Phi) is 4.72. The van der Waals surface area contributed by atoms with E-state index >= 15 is 0 Å². The third-order valence-corrected chi connectivity index (χ3v) is 4.44. The fourth-order valence-corrected chi connectivity index (χ4v) is 3.38. The zero-order valence-electron chi connectivity index (χ0n) is 11.5. The van der Waals surface area contributed by atoms with Crippen LogP contribution in [0, 0.1) is 12.7 Å². The number of hydrogen-bond donors (Lipinski definition) is 2. The molecular formula is C14H16FNO4S. The Hall–Kier alpha value is -1.76. The summed E-state index contributed by atoms with van der Waals surface area (Å²) >= 11 is 1.47. The minimum atomic E-state index is -1.24. The molecule has 0 radical (unpaired) electrons. The van der Waals surface area contributed by atoms with Crippen LogP contribution >= 0.6 is 11.8 Å². The zero-order chi connectivity index (χ0) is 15.5. The summed E-state index contributed by atoms with van der Waals surface area (Å²) < 4.78 is 18.6. The number of carbonyl (C=O) groups is 2. The van der Waals surface area contributed by atoms with E-state index in [4.69, 9.17) is 4.74 Å². The number of amides is 1. The van der Waals surface area contributed by atoms with Crippen molar-refractivity contribution in [2.45, 2.75) is 18.9 Å². The molecule has 1 fully saturated rings. The quantitative estimate of drug-likeness (QED) is 0.863. The normalized spacial score (nSPS) is 21.0. The standard InChI is InChI=1S/C14H16FNO4S/c1-9-2-3-10(15)11(6-9)20-7-12(17)16-14(13(18)19)4-5-21-8-14/h2-3,6H,4-5,7-8H2,1H3,(H,16,17)(H,18,19). The third kappa shape index (κ3) is 3.66. The van der Waals surface area contributed by atoms with Crippen LogP contribution in [0.3, 0.4) is 0 Å². The number of benzene rings is 1. The highest BCUT2D eigenvalue weighted by Crippen LogP contribution is 2.28. The minimum Gasteiger partial charge on any atom is -0.481 e. The molecule has 2 N–H and O–H groups in total. The van der Waals surface area contributed by atoms with Crippen molar-refractivity contribution in [2.75, 3.05) is 18.1 Å². The molecule has 1 saturated heterocycles. The van der Waals surface area contributed by atoms with Crippen LogP contribution in [0.5, 0.6) is 5.75 Å². The number of carboxylic acids is 1. The van der Waals surface area contributed by atoms with E-state index in [0.29, 0.717) is 17.9 Å². The monoisotopic (exact) mass is 313 g/mol. The lowest BCUT2D eigenvalue weighted by molar-refractivity contribution is -0.146. The summed E-state index contributed by atoms with van der Waals surface area (Å²) in [4.78, 5) is 23.2. The summed E-state index contributed by atoms with van der Waals surface area (Å²) in [5, 5.41) is 11.7. The molecule has 1 amide bonds. The van der Waals surface area contributed by atoms with Gasteiger partial charge in [-0.1, -0.05) is 6.07 Å². The smallest absolute Gasteiger partial charge is 0.330 e. The number of thioether (sulfide) groups is 1. The number of hydrogen-bond acceptors (Lipinski definition) is 4. The van der Waals surface area contributed by atoms with E-state index in [9.17, 15) is 19.1 Å². The Morgan fingerprint density at radius 1 is 1.52 bits per heavy atom. The van der Waals surface area contributed by atoms with Gasteiger partial charge in [-0.3, -0.25) is 4.79 Å². The molecule has 1 heterocycles. The Morgan fingerprint density at radius 3 is 2.90 bits per heavy atom. The van der Waals surface area contributed by atoms with E-state index < -0.39 is 29.8 Å². The van der Waals surface area contributed by atoms with Gasteiger partial charge < -0.3 is 15.2 Å². The maximum Gasteiger partial charge on any atom is 0.330 e. The zero-order valence-corrected chi connectivity index (χ0v) is 12.3. The van der Waals surface area contributed by atoms with Crippen LogP contribution in [-0.4, -0.2) is 40.6 Å². The van der Waals surface area contributed by atoms with Gasteiger partial charge in [0.15, 0.2) is 18.2 Å². The highest BCUT2D eigenvalue weighted by molar-refractivity contribution is 7.99. The number of aliphatic carboxylic acids is 1. The van der Waals surface area contributed by atoms with Crippen LogP contribution in [0.4, 0.5) is 4.39 Å². The Labute approximate surface area is 125 Å². The first-order chi connectivity index (χ1) is 9.93. The van der Waals surface area contributed by atoms with Gasteiger partial charge in [-0.05, 0) is 36.8 Å². The van der Waals surface area contributed by atoms with Gasteiger partial charge in [-0.2, -0.15) is 11.8 Å². The molecule has 1 aromatic carbocycles. The van der Waals surface area contributed by atoms with Gasteiger partial charge in [-0.25, -0.2) is 9.18 Å². The van der Waals surface area contributed by atoms with Crippen molar-refractivity contribution < 1.29 is 23.8 Å². The SMILES string of the molecule is Cc1ccc(F)c(OCC(=O)NC2(C(=O)O)CCSC2)c1. The topological polar surface area (TPSA) is 75.6 Å². The average molecular weight is 313 g/mol. The first-order valence-corrected chi connectivity index (χ1v) is 7.59. The third-order valence-electron chi connectivity index (χ3n) is 3.26. The van der Waals surface area contributed by atoms with Crippen molar-refractivity contribution in [1.29, 1.82) is 0 Å². The molecule has 0 bridgehead atoms. The molecule has 0 aliphatic carbocycles. The first kappa shape index (κ1) is 15.6. The lowest BCUT2D eigenvalue weighted by Gasteiger charge is -2.24. The average Bonchev–Trinajstić information content (AvgIpc) is 2.89. The number of carbonyl (C=O) groups excluding carboxylic acids is 1. The molecule has 1 aliphatic heterocycles. The number of rotatable bonds is 5. The van der Waals surface area contributed by atoms with Gasteiger partial charge in [0.05, 0.1) is 0 Å². The highest BCUT2D eigenvalue weighted by Gasteiger charge is 2.43. The molecule has 114 valence electrons. The van der Waals surface area contributed by atoms with Crippen LogP contribution in [0.1, 0.15) is 12.0 Å². The molecule has 0 spiro atoms. The minimum absolute atomic E-state index is 0.0182. The van der Waals surface area contributed by atoms with Crippen LogP contribution in [0.2, 0.25) is 0 Å². The molecule has 1 atom stereocenters. The van der Waals surface area contributed by atoms with Gasteiger partial charge in [0.2, 0.25) is 0 Å². The fourth-order valence-electron chi connectivity index (χ4n) is 2.05. The molecule has 0 aromatic heterocycles. The van der Waals surface area contributed by atoms with Crippen LogP contribution in [0.15, 0.2) is 18.2 Å². The molecule has 21 heavy (non-hydrogen) atoms. The van der Waals surface area contributed by atoms with E-state index in [0.717, 1.165) is 5.56 Å². The van der Waals surface area contributed by atoms with Crippen molar-refractivity contribution in [3.8, 4) is 5.75 Å². The van der Waals surface area contributed by atoms with Crippen molar-refractivity contribution >= 4 is 23.6 Å². The molecule has 1 aromatic rings. The van der Waals surface area contributed by atoms with Crippen LogP contribution < -0.4 is 10.1 Å². The molecule has 1 unspecified atom stereocenters. The van der Waals surface area contributed by atoms with E-state index in [1.165, 1.54) is 23.9 Å². The first-order valence-electron chi connectivity index (χ1n) is 6.44. The van der Waals surface area contributed by atoms with Crippen molar-refractivity contribution in [3.05, 3.63) is 29.6 Å². The lowest BCUT2D eigenvalue weighted by atomic mass is 9.99. The Morgan fingerprint density at radius 2 is 2.29 bits per heavy atom. The van der Waals surface area contributed by atoms with Gasteiger partial charge in [-0.15, -0.1) is 0 Å². The van der Waals surface area contributed by atoms with E-state index in [2.05, 4.69) is 5.32 Å². The number of halogens is 1. The molecular weight excluding hydrogens is 297 g/mol. The molecule has 2 rings (SSSR count). The van der Waals surface area contributed by atoms with Gasteiger partial charge >= 0.3 is 5.97 Å². The summed E-state index contributed by atoms with van der Waals surface area (Å²) in [7, 11) is 0. The second kappa shape index (κ2) is 6.34. The molecule has 7 heteroatoms. The Balaban J connectivity index is 1.96. The summed E-state index contributed by atoms with van der Waals surface area (Å²) in [6, 6.07) is 4.34. The Bertz CT molecular complexity index is 558. The molecule has 5 nitrogen and oxygen atoms in total. The predicted octanol–water partition coefficient (Wildman–Crippen LogP) is 1.59. The van der Waals surface area contributed by atoms with Gasteiger partial charge in [0.25, 0.3) is 5.91 Å². The number of aryl methyl sites for hydroxylation is 1. The predicted molar refractivity (Wildman–Crippen MR) is 77.1 cm³/mol. The number of nitrogens with one attached hydrogen (secondary N) is 1. The lowest BCUT2D eigenvalue weighted by Crippen LogP contribution is -2.55. The summed E-state index contributed by atoms with van der Waals surface area (Å²) in [6.07, 6.45) is 0.373. The van der Waals surface area contributed by atoms with Crippen molar-refractivity contribution in [2.24, 2.45) is 0 Å². The summed E-state index contributed by atoms with van der Waals surface area (Å²) in [6.45, 7) is 1.36. The second-order valence-corrected chi connectivity index (χ2v) is 6.07.